The van der Waals surface area contributed by atoms with Gasteiger partial charge in [0, 0.05) is 23.4 Å². The summed E-state index contributed by atoms with van der Waals surface area (Å²) in [5, 5.41) is 5.23. The lowest BCUT2D eigenvalue weighted by atomic mass is 10.2. The van der Waals surface area contributed by atoms with Crippen LogP contribution in [-0.4, -0.2) is 9.78 Å². The molecule has 102 valence electrons. The van der Waals surface area contributed by atoms with Crippen molar-refractivity contribution in [3.8, 4) is 0 Å². The number of nitrogens with zero attached hydrogens (tertiary/aromatic N) is 2. The van der Waals surface area contributed by atoms with E-state index in [0.29, 0.717) is 0 Å². The number of hydrogen-bond donors (Lipinski definition) is 1. The van der Waals surface area contributed by atoms with E-state index in [1.165, 1.54) is 10.5 Å². The van der Waals surface area contributed by atoms with E-state index in [4.69, 9.17) is 17.3 Å². The van der Waals surface area contributed by atoms with Crippen molar-refractivity contribution >= 4 is 29.1 Å². The molecule has 19 heavy (non-hydrogen) atoms. The molecule has 0 aliphatic carbocycles. The van der Waals surface area contributed by atoms with Gasteiger partial charge in [0.2, 0.25) is 0 Å². The number of nitrogens with two attached hydrogens (primary N) is 1. The third kappa shape index (κ3) is 3.07. The number of anilines is 1. The summed E-state index contributed by atoms with van der Waals surface area (Å²) >= 11 is 8.10. The second kappa shape index (κ2) is 5.88. The van der Waals surface area contributed by atoms with Crippen molar-refractivity contribution in [2.75, 3.05) is 5.73 Å². The maximum atomic E-state index is 6.34. The zero-order valence-electron chi connectivity index (χ0n) is 11.4. The molecule has 1 aromatic heterocycles. The van der Waals surface area contributed by atoms with Gasteiger partial charge in [0.15, 0.2) is 0 Å². The van der Waals surface area contributed by atoms with Crippen LogP contribution < -0.4 is 5.73 Å². The summed E-state index contributed by atoms with van der Waals surface area (Å²) in [7, 11) is 1.94. The number of aryl methyl sites for hydroxylation is 3. The molecule has 2 aromatic rings. The number of halogens is 1. The van der Waals surface area contributed by atoms with Gasteiger partial charge in [-0.3, -0.25) is 4.68 Å². The van der Waals surface area contributed by atoms with Crippen LogP contribution in [0.2, 0.25) is 5.02 Å². The lowest BCUT2D eigenvalue weighted by molar-refractivity contribution is 0.720. The van der Waals surface area contributed by atoms with Crippen molar-refractivity contribution in [3.63, 3.8) is 0 Å². The van der Waals surface area contributed by atoms with Gasteiger partial charge in [0.05, 0.1) is 16.4 Å². The van der Waals surface area contributed by atoms with E-state index >= 15 is 0 Å². The van der Waals surface area contributed by atoms with Gasteiger partial charge in [-0.25, -0.2) is 0 Å². The van der Waals surface area contributed by atoms with E-state index in [1.54, 1.807) is 11.8 Å². The molecule has 0 saturated carbocycles. The maximum absolute atomic E-state index is 6.34. The van der Waals surface area contributed by atoms with E-state index in [2.05, 4.69) is 25.0 Å². The van der Waals surface area contributed by atoms with Gasteiger partial charge >= 0.3 is 0 Å². The molecule has 0 saturated heterocycles. The van der Waals surface area contributed by atoms with Crippen molar-refractivity contribution in [2.24, 2.45) is 7.05 Å². The molecule has 0 bridgehead atoms. The Morgan fingerprint density at radius 1 is 1.42 bits per heavy atom. The number of thioether (sulfide) groups is 1. The highest BCUT2D eigenvalue weighted by atomic mass is 35.5. The van der Waals surface area contributed by atoms with Gasteiger partial charge in [-0.1, -0.05) is 18.5 Å². The van der Waals surface area contributed by atoms with E-state index < -0.39 is 0 Å². The van der Waals surface area contributed by atoms with E-state index in [0.717, 1.165) is 34.3 Å². The second-order valence-corrected chi connectivity index (χ2v) is 5.89. The standard InChI is InChI=1S/C14H18ClN3S/c1-4-11-14(15)12(18(3)17-11)8-19-13-6-5-10(16)7-9(13)2/h5-7H,4,8,16H2,1-3H3. The largest absolute Gasteiger partial charge is 0.399 e. The third-order valence-electron chi connectivity index (χ3n) is 3.07. The molecule has 0 amide bonds. The summed E-state index contributed by atoms with van der Waals surface area (Å²) in [6.45, 7) is 4.14. The molecule has 0 spiro atoms. The van der Waals surface area contributed by atoms with Crippen molar-refractivity contribution in [3.05, 3.63) is 40.2 Å². The smallest absolute Gasteiger partial charge is 0.0858 e. The van der Waals surface area contributed by atoms with Crippen LogP contribution >= 0.6 is 23.4 Å². The summed E-state index contributed by atoms with van der Waals surface area (Å²) in [5.41, 5.74) is 9.79. The Hall–Kier alpha value is -1.13. The van der Waals surface area contributed by atoms with E-state index in [9.17, 15) is 0 Å². The molecule has 0 aliphatic heterocycles. The van der Waals surface area contributed by atoms with Gasteiger partial charge in [-0.2, -0.15) is 5.10 Å². The van der Waals surface area contributed by atoms with Crippen LogP contribution in [0, 0.1) is 6.92 Å². The first-order chi connectivity index (χ1) is 9.02. The predicted molar refractivity (Wildman–Crippen MR) is 82.7 cm³/mol. The van der Waals surface area contributed by atoms with Gasteiger partial charge in [0.25, 0.3) is 0 Å². The van der Waals surface area contributed by atoms with Crippen LogP contribution in [0.25, 0.3) is 0 Å². The van der Waals surface area contributed by atoms with Gasteiger partial charge < -0.3 is 5.73 Å². The molecule has 0 radical (unpaired) electrons. The van der Waals surface area contributed by atoms with Gasteiger partial charge in [-0.15, -0.1) is 11.8 Å². The number of aromatic nitrogens is 2. The van der Waals surface area contributed by atoms with Crippen molar-refractivity contribution in [1.29, 1.82) is 0 Å². The Morgan fingerprint density at radius 3 is 2.74 bits per heavy atom. The van der Waals surface area contributed by atoms with E-state index in [1.807, 2.05) is 23.9 Å². The molecule has 0 fully saturated rings. The minimum absolute atomic E-state index is 0.797. The summed E-state index contributed by atoms with van der Waals surface area (Å²) in [4.78, 5) is 1.23. The SMILES string of the molecule is CCc1nn(C)c(CSc2ccc(N)cc2C)c1Cl. The minimum Gasteiger partial charge on any atom is -0.399 e. The van der Waals surface area contributed by atoms with Crippen LogP contribution in [0.15, 0.2) is 23.1 Å². The molecule has 5 heteroatoms. The second-order valence-electron chi connectivity index (χ2n) is 4.50. The molecule has 0 atom stereocenters. The van der Waals surface area contributed by atoms with E-state index in [-0.39, 0.29) is 0 Å². The minimum atomic E-state index is 0.797. The molecule has 0 unspecified atom stereocenters. The van der Waals surface area contributed by atoms with Crippen molar-refractivity contribution < 1.29 is 0 Å². The van der Waals surface area contributed by atoms with Crippen LogP contribution in [0.4, 0.5) is 5.69 Å². The van der Waals surface area contributed by atoms with Gasteiger partial charge in [0.1, 0.15) is 0 Å². The summed E-state index contributed by atoms with van der Waals surface area (Å²) in [6.07, 6.45) is 0.859. The average molecular weight is 296 g/mol. The number of hydrogen-bond acceptors (Lipinski definition) is 3. The van der Waals surface area contributed by atoms with Crippen molar-refractivity contribution in [1.82, 2.24) is 9.78 Å². The number of benzene rings is 1. The third-order valence-corrected chi connectivity index (χ3v) is 4.69. The zero-order chi connectivity index (χ0) is 14.0. The zero-order valence-corrected chi connectivity index (χ0v) is 13.0. The quantitative estimate of drug-likeness (QED) is 0.689. The predicted octanol–water partition coefficient (Wildman–Crippen LogP) is 3.82. The highest BCUT2D eigenvalue weighted by Crippen LogP contribution is 2.31. The first-order valence-corrected chi connectivity index (χ1v) is 7.58. The Morgan fingerprint density at radius 2 is 2.16 bits per heavy atom. The number of rotatable bonds is 4. The van der Waals surface area contributed by atoms with Crippen LogP contribution in [0.3, 0.4) is 0 Å². The van der Waals surface area contributed by atoms with Crippen LogP contribution in [0.5, 0.6) is 0 Å². The first kappa shape index (κ1) is 14.3. The molecule has 1 heterocycles. The normalized spacial score (nSPS) is 10.9. The van der Waals surface area contributed by atoms with Crippen molar-refractivity contribution in [2.45, 2.75) is 30.9 Å². The summed E-state index contributed by atoms with van der Waals surface area (Å²) < 4.78 is 1.88. The Balaban J connectivity index is 2.16. The molecule has 1 aromatic carbocycles. The molecule has 0 aliphatic rings. The maximum Gasteiger partial charge on any atom is 0.0858 e. The summed E-state index contributed by atoms with van der Waals surface area (Å²) in [6, 6.07) is 5.97. The molecule has 2 rings (SSSR count). The Bertz CT molecular complexity index is 593. The fourth-order valence-electron chi connectivity index (χ4n) is 1.96. The topological polar surface area (TPSA) is 43.8 Å². The molecular weight excluding hydrogens is 278 g/mol. The highest BCUT2D eigenvalue weighted by Gasteiger charge is 2.13. The molecule has 2 N–H and O–H groups in total. The number of nitrogen functional groups attached to an aromatic ring is 1. The Labute approximate surface area is 123 Å². The fourth-order valence-corrected chi connectivity index (χ4v) is 3.47. The fraction of sp³-hybridized carbons (Fsp3) is 0.357. The molecule has 3 nitrogen and oxygen atoms in total. The summed E-state index contributed by atoms with van der Waals surface area (Å²) in [5.74, 6) is 0.813. The van der Waals surface area contributed by atoms with Gasteiger partial charge in [-0.05, 0) is 37.1 Å². The van der Waals surface area contributed by atoms with Crippen LogP contribution in [-0.2, 0) is 19.2 Å². The lowest BCUT2D eigenvalue weighted by Gasteiger charge is -2.07. The Kier molecular flexibility index (Phi) is 4.42. The van der Waals surface area contributed by atoms with Crippen LogP contribution in [0.1, 0.15) is 23.9 Å². The monoisotopic (exact) mass is 295 g/mol. The molecular formula is C14H18ClN3S. The highest BCUT2D eigenvalue weighted by molar-refractivity contribution is 7.98. The first-order valence-electron chi connectivity index (χ1n) is 6.22. The lowest BCUT2D eigenvalue weighted by Crippen LogP contribution is -1.97. The average Bonchev–Trinajstić information content (AvgIpc) is 2.64.